The summed E-state index contributed by atoms with van der Waals surface area (Å²) in [5.74, 6) is 0. The summed E-state index contributed by atoms with van der Waals surface area (Å²) >= 11 is 2.27. The van der Waals surface area contributed by atoms with Crippen LogP contribution in [0.2, 0.25) is 13.1 Å². The van der Waals surface area contributed by atoms with Gasteiger partial charge in [-0.2, -0.15) is 6.08 Å². The molecule has 0 amide bonds. The summed E-state index contributed by atoms with van der Waals surface area (Å²) in [4.78, 5) is 0. The Labute approximate surface area is 220 Å². The summed E-state index contributed by atoms with van der Waals surface area (Å²) in [6, 6.07) is 16.2. The average Bonchev–Trinajstić information content (AvgIpc) is 3.30. The molecule has 0 spiro atoms. The molecule has 3 aromatic rings. The van der Waals surface area contributed by atoms with Crippen molar-refractivity contribution in [2.24, 2.45) is 0 Å². The summed E-state index contributed by atoms with van der Waals surface area (Å²) in [5, 5.41) is 5.48. The van der Waals surface area contributed by atoms with Gasteiger partial charge in [0.25, 0.3) is 0 Å². The van der Waals surface area contributed by atoms with Gasteiger partial charge in [0.05, 0.1) is 0 Å². The Balaban J connectivity index is 0.000000739. The van der Waals surface area contributed by atoms with Crippen LogP contribution in [0.3, 0.4) is 0 Å². The minimum Gasteiger partial charge on any atom is -1.00 e. The molecule has 32 heavy (non-hydrogen) atoms. The molecular weight excluding hydrogens is 483 g/mol. The third-order valence-electron chi connectivity index (χ3n) is 5.02. The Morgan fingerprint density at radius 2 is 1.22 bits per heavy atom. The van der Waals surface area contributed by atoms with Crippen LogP contribution in [0.1, 0.15) is 59.1 Å². The molecule has 0 unspecified atom stereocenters. The summed E-state index contributed by atoms with van der Waals surface area (Å²) in [7, 11) is 0. The van der Waals surface area contributed by atoms with Gasteiger partial charge in [-0.15, -0.1) is 46.2 Å². The number of fused-ring (bicyclic) bond motifs is 3. The summed E-state index contributed by atoms with van der Waals surface area (Å²) in [6.45, 7) is 18.2. The molecule has 0 N–H and O–H groups in total. The molecule has 0 fully saturated rings. The van der Waals surface area contributed by atoms with E-state index in [0.29, 0.717) is 0 Å². The molecule has 1 aliphatic carbocycles. The van der Waals surface area contributed by atoms with Crippen molar-refractivity contribution in [3.63, 3.8) is 0 Å². The van der Waals surface area contributed by atoms with Crippen LogP contribution in [0, 0.1) is 6.08 Å². The van der Waals surface area contributed by atoms with E-state index in [1.165, 1.54) is 32.7 Å². The first kappa shape index (κ1) is 31.3. The predicted molar refractivity (Wildman–Crippen MR) is 133 cm³/mol. The van der Waals surface area contributed by atoms with Gasteiger partial charge in [0.1, 0.15) is 0 Å². The number of benzene rings is 2. The molecule has 0 aliphatic heterocycles. The molecule has 3 aromatic carbocycles. The van der Waals surface area contributed by atoms with Crippen molar-refractivity contribution in [3.8, 4) is 0 Å². The molecule has 0 saturated carbocycles. The van der Waals surface area contributed by atoms with E-state index in [1.807, 2.05) is 12.2 Å². The van der Waals surface area contributed by atoms with Crippen molar-refractivity contribution in [2.45, 2.75) is 71.9 Å². The molecule has 0 saturated heterocycles. The Morgan fingerprint density at radius 3 is 1.47 bits per heavy atom. The van der Waals surface area contributed by atoms with E-state index in [2.05, 4.69) is 128 Å². The van der Waals surface area contributed by atoms with E-state index in [0.717, 1.165) is 6.42 Å². The fourth-order valence-corrected chi connectivity index (χ4v) is 3.30. The Kier molecular flexibility index (Phi) is 13.0. The smallest absolute Gasteiger partial charge is 0.109 e. The molecule has 0 aromatic heterocycles. The number of hydrogen-bond acceptors (Lipinski definition) is 0. The largest absolute Gasteiger partial charge is 1.00 e. The van der Waals surface area contributed by atoms with Gasteiger partial charge in [-0.3, -0.25) is 6.08 Å². The van der Waals surface area contributed by atoms with Gasteiger partial charge in [0, 0.05) is 0 Å². The maximum absolute atomic E-state index is 2.99. The van der Waals surface area contributed by atoms with Crippen molar-refractivity contribution >= 4 is 27.7 Å². The van der Waals surface area contributed by atoms with E-state index >= 15 is 0 Å². The second-order valence-electron chi connectivity index (χ2n) is 10.3. The normalized spacial score (nSPS) is 12.3. The summed E-state index contributed by atoms with van der Waals surface area (Å²) in [6.07, 6.45) is 10.1. The van der Waals surface area contributed by atoms with Crippen LogP contribution in [0.15, 0.2) is 60.7 Å². The van der Waals surface area contributed by atoms with Crippen molar-refractivity contribution < 1.29 is 44.0 Å². The zero-order valence-corrected chi connectivity index (χ0v) is 24.8. The van der Waals surface area contributed by atoms with Crippen LogP contribution in [0.4, 0.5) is 0 Å². The monoisotopic (exact) mass is 518 g/mol. The SMILES string of the molecule is CC(C)(C)c1ccc2c(c1)[cH-]c1cc(C(C)(C)C)ccc12.C[Si](C)=[Ti+2].[C-]1=CC=CC1.[Cl-].[Cl-]. The van der Waals surface area contributed by atoms with E-state index in [9.17, 15) is 0 Å². The van der Waals surface area contributed by atoms with Crippen LogP contribution in [0.25, 0.3) is 21.5 Å². The van der Waals surface area contributed by atoms with Gasteiger partial charge in [-0.25, -0.2) is 12.2 Å². The fraction of sp³-hybridized carbons (Fsp3) is 0.393. The van der Waals surface area contributed by atoms with Gasteiger partial charge in [-0.1, -0.05) is 76.9 Å². The average molecular weight is 519 g/mol. The van der Waals surface area contributed by atoms with Gasteiger partial charge >= 0.3 is 38.5 Å². The van der Waals surface area contributed by atoms with Gasteiger partial charge < -0.3 is 24.8 Å². The first-order valence-corrected chi connectivity index (χ1v) is 15.6. The van der Waals surface area contributed by atoms with Crippen LogP contribution in [-0.4, -0.2) is 6.19 Å². The van der Waals surface area contributed by atoms with Crippen LogP contribution in [0.5, 0.6) is 0 Å². The number of rotatable bonds is 0. The standard InChI is InChI=1S/C21H25.C5H5.C2H6Si.2ClH.Ti/c1-20(2,3)16-7-9-18-14(12-16)11-15-13-17(21(4,5)6)8-10-19(15)18;1-2-4-5-3-1;1-3-2;;;/h7-13H,1-6H3;1-3H,4H2;1-2H3;2*1H;/q2*-1;;;;+2/p-2. The van der Waals surface area contributed by atoms with Gasteiger partial charge in [0.15, 0.2) is 0 Å². The van der Waals surface area contributed by atoms with Crippen molar-refractivity contribution in [1.82, 2.24) is 0 Å². The van der Waals surface area contributed by atoms with E-state index < -0.39 is 0 Å². The third kappa shape index (κ3) is 9.28. The Hall–Kier alpha value is -0.699. The molecule has 0 heterocycles. The topological polar surface area (TPSA) is 0 Å². The summed E-state index contributed by atoms with van der Waals surface area (Å²) < 4.78 is 0. The van der Waals surface area contributed by atoms with E-state index in [-0.39, 0.29) is 41.8 Å². The van der Waals surface area contributed by atoms with Gasteiger partial charge in [0.2, 0.25) is 0 Å². The van der Waals surface area contributed by atoms with Gasteiger partial charge in [-0.05, 0) is 10.8 Å². The first-order valence-electron chi connectivity index (χ1n) is 10.8. The van der Waals surface area contributed by atoms with Crippen molar-refractivity contribution in [3.05, 3.63) is 77.9 Å². The third-order valence-corrected chi connectivity index (χ3v) is 5.02. The number of halogens is 2. The molecular formula is C28H36Cl2SiTi-2. The number of allylic oxidation sites excluding steroid dienone is 4. The second kappa shape index (κ2) is 13.3. The quantitative estimate of drug-likeness (QED) is 0.316. The first-order chi connectivity index (χ1) is 13.9. The zero-order chi connectivity index (χ0) is 22.5. The predicted octanol–water partition coefficient (Wildman–Crippen LogP) is 2.40. The van der Waals surface area contributed by atoms with Crippen molar-refractivity contribution in [1.29, 1.82) is 0 Å². The zero-order valence-electron chi connectivity index (χ0n) is 20.7. The second-order valence-corrected chi connectivity index (χ2v) is 16.9. The maximum Gasteiger partial charge on any atom is -0.109 e. The van der Waals surface area contributed by atoms with E-state index in [4.69, 9.17) is 0 Å². The van der Waals surface area contributed by atoms with Crippen LogP contribution < -0.4 is 24.8 Å². The van der Waals surface area contributed by atoms with Crippen LogP contribution >= 0.6 is 0 Å². The summed E-state index contributed by atoms with van der Waals surface area (Å²) in [5.41, 5.74) is 3.21. The van der Waals surface area contributed by atoms with Crippen molar-refractivity contribution in [2.75, 3.05) is 0 Å². The molecule has 172 valence electrons. The molecule has 0 bridgehead atoms. The molecule has 4 rings (SSSR count). The Morgan fingerprint density at radius 1 is 0.812 bits per heavy atom. The molecule has 1 aliphatic rings. The molecule has 0 radical (unpaired) electrons. The Bertz CT molecular complexity index is 994. The minimum atomic E-state index is 0. The number of hydrogen-bond donors (Lipinski definition) is 0. The molecule has 0 atom stereocenters. The fourth-order valence-electron chi connectivity index (χ4n) is 3.30. The maximum atomic E-state index is 2.99. The van der Waals surface area contributed by atoms with E-state index in [1.54, 1.807) is 0 Å². The van der Waals surface area contributed by atoms with Crippen LogP contribution in [-0.2, 0) is 30.0 Å². The minimum absolute atomic E-state index is 0. The molecule has 4 heteroatoms. The molecule has 0 nitrogen and oxygen atoms in total.